The van der Waals surface area contributed by atoms with Crippen LogP contribution in [0.3, 0.4) is 0 Å². The second-order valence-corrected chi connectivity index (χ2v) is 6.24. The molecule has 24 heavy (non-hydrogen) atoms. The molecule has 0 amide bonds. The Morgan fingerprint density at radius 3 is 2.38 bits per heavy atom. The van der Waals surface area contributed by atoms with Gasteiger partial charge in [-0.15, -0.1) is 0 Å². The summed E-state index contributed by atoms with van der Waals surface area (Å²) in [5.74, 6) is 0.672. The van der Waals surface area contributed by atoms with Gasteiger partial charge >= 0.3 is 0 Å². The zero-order valence-corrected chi connectivity index (χ0v) is 14.1. The van der Waals surface area contributed by atoms with Crippen LogP contribution in [0.15, 0.2) is 60.8 Å². The Labute approximate surface area is 142 Å². The van der Waals surface area contributed by atoms with E-state index < -0.39 is 0 Å². The van der Waals surface area contributed by atoms with Gasteiger partial charge in [0.1, 0.15) is 5.75 Å². The molecule has 0 saturated heterocycles. The molecule has 0 saturated carbocycles. The van der Waals surface area contributed by atoms with Crippen LogP contribution < -0.4 is 5.32 Å². The van der Waals surface area contributed by atoms with Gasteiger partial charge in [0, 0.05) is 24.8 Å². The number of nitrogens with zero attached hydrogens (tertiary/aromatic N) is 2. The highest BCUT2D eigenvalue weighted by molar-refractivity contribution is 5.33. The predicted octanol–water partition coefficient (Wildman–Crippen LogP) is 3.99. The molecule has 0 aliphatic heterocycles. The molecular formula is C20H23N3O. The van der Waals surface area contributed by atoms with Crippen LogP contribution in [0.25, 0.3) is 5.69 Å². The van der Waals surface area contributed by atoms with Crippen molar-refractivity contribution in [1.82, 2.24) is 15.1 Å². The summed E-state index contributed by atoms with van der Waals surface area (Å²) in [5, 5.41) is 17.6. The molecule has 0 aliphatic rings. The van der Waals surface area contributed by atoms with Crippen LogP contribution in [0.5, 0.6) is 5.75 Å². The molecule has 1 heterocycles. The number of nitrogens with one attached hydrogen (secondary N) is 1. The number of para-hydroxylation sites is 1. The van der Waals surface area contributed by atoms with E-state index in [2.05, 4.69) is 37.5 Å². The maximum Gasteiger partial charge on any atom is 0.115 e. The van der Waals surface area contributed by atoms with Crippen LogP contribution in [-0.4, -0.2) is 14.9 Å². The summed E-state index contributed by atoms with van der Waals surface area (Å²) in [6.07, 6.45) is 2.11. The van der Waals surface area contributed by atoms with Crippen molar-refractivity contribution in [2.45, 2.75) is 32.9 Å². The summed E-state index contributed by atoms with van der Waals surface area (Å²) in [7, 11) is 0. The fourth-order valence-electron chi connectivity index (χ4n) is 2.71. The van der Waals surface area contributed by atoms with Gasteiger partial charge in [-0.2, -0.15) is 5.10 Å². The van der Waals surface area contributed by atoms with Crippen molar-refractivity contribution >= 4 is 0 Å². The maximum absolute atomic E-state index is 9.34. The zero-order valence-electron chi connectivity index (χ0n) is 14.1. The second-order valence-electron chi connectivity index (χ2n) is 6.24. The van der Waals surface area contributed by atoms with Gasteiger partial charge in [0.05, 0.1) is 11.4 Å². The number of aromatic nitrogens is 2. The Morgan fingerprint density at radius 2 is 1.71 bits per heavy atom. The maximum atomic E-state index is 9.34. The third-order valence-corrected chi connectivity index (χ3v) is 3.97. The topological polar surface area (TPSA) is 50.1 Å². The van der Waals surface area contributed by atoms with E-state index in [-0.39, 0.29) is 0 Å². The van der Waals surface area contributed by atoms with Crippen molar-refractivity contribution in [3.8, 4) is 11.4 Å². The van der Waals surface area contributed by atoms with Crippen molar-refractivity contribution in [2.75, 3.05) is 0 Å². The van der Waals surface area contributed by atoms with E-state index in [1.54, 1.807) is 12.1 Å². The summed E-state index contributed by atoms with van der Waals surface area (Å²) in [6, 6.07) is 17.5. The minimum absolute atomic E-state index is 0.296. The first-order chi connectivity index (χ1) is 11.6. The van der Waals surface area contributed by atoms with E-state index in [0.29, 0.717) is 11.7 Å². The van der Waals surface area contributed by atoms with Crippen LogP contribution in [0.1, 0.15) is 36.6 Å². The summed E-state index contributed by atoms with van der Waals surface area (Å²) in [6.45, 7) is 5.86. The monoisotopic (exact) mass is 321 g/mol. The first kappa shape index (κ1) is 16.3. The lowest BCUT2D eigenvalue weighted by Crippen LogP contribution is -2.13. The molecule has 3 rings (SSSR count). The highest BCUT2D eigenvalue weighted by Gasteiger charge is 2.13. The number of hydrogen-bond acceptors (Lipinski definition) is 3. The Balaban J connectivity index is 1.72. The molecule has 0 unspecified atom stereocenters. The predicted molar refractivity (Wildman–Crippen MR) is 96.3 cm³/mol. The van der Waals surface area contributed by atoms with Gasteiger partial charge in [0.25, 0.3) is 0 Å². The Kier molecular flexibility index (Phi) is 4.96. The molecule has 4 heteroatoms. The lowest BCUT2D eigenvalue weighted by Gasteiger charge is -2.07. The van der Waals surface area contributed by atoms with Gasteiger partial charge in [-0.3, -0.25) is 0 Å². The van der Waals surface area contributed by atoms with Crippen LogP contribution in [0, 0.1) is 0 Å². The van der Waals surface area contributed by atoms with Crippen molar-refractivity contribution in [1.29, 1.82) is 0 Å². The van der Waals surface area contributed by atoms with Gasteiger partial charge < -0.3 is 10.4 Å². The van der Waals surface area contributed by atoms with E-state index in [0.717, 1.165) is 30.0 Å². The standard InChI is InChI=1S/C20H23N3O/c1-15(2)20-17(13-21-12-16-8-10-19(24)11-9-16)14-23(22-20)18-6-4-3-5-7-18/h3-11,14-15,21,24H,12-13H2,1-2H3. The fraction of sp³-hybridized carbons (Fsp3) is 0.250. The van der Waals surface area contributed by atoms with Crippen molar-refractivity contribution < 1.29 is 5.11 Å². The number of benzene rings is 2. The number of rotatable bonds is 6. The van der Waals surface area contributed by atoms with E-state index in [4.69, 9.17) is 5.10 Å². The first-order valence-corrected chi connectivity index (χ1v) is 8.26. The van der Waals surface area contributed by atoms with Gasteiger partial charge in [-0.05, 0) is 35.7 Å². The quantitative estimate of drug-likeness (QED) is 0.722. The third kappa shape index (κ3) is 3.84. The molecule has 0 bridgehead atoms. The highest BCUT2D eigenvalue weighted by atomic mass is 16.3. The van der Waals surface area contributed by atoms with Crippen molar-refractivity contribution in [3.05, 3.63) is 77.6 Å². The minimum atomic E-state index is 0.296. The molecule has 2 N–H and O–H groups in total. The minimum Gasteiger partial charge on any atom is -0.508 e. The molecule has 4 nitrogen and oxygen atoms in total. The molecule has 124 valence electrons. The van der Waals surface area contributed by atoms with Crippen LogP contribution >= 0.6 is 0 Å². The second kappa shape index (κ2) is 7.32. The lowest BCUT2D eigenvalue weighted by molar-refractivity contribution is 0.475. The largest absolute Gasteiger partial charge is 0.508 e. The number of phenols is 1. The van der Waals surface area contributed by atoms with E-state index in [1.807, 2.05) is 35.0 Å². The smallest absolute Gasteiger partial charge is 0.115 e. The number of hydrogen-bond donors (Lipinski definition) is 2. The normalized spacial score (nSPS) is 11.1. The Bertz CT molecular complexity index is 776. The molecule has 3 aromatic rings. The van der Waals surface area contributed by atoms with Crippen LogP contribution in [0.4, 0.5) is 0 Å². The third-order valence-electron chi connectivity index (χ3n) is 3.97. The van der Waals surface area contributed by atoms with Crippen molar-refractivity contribution in [3.63, 3.8) is 0 Å². The average Bonchev–Trinajstić information content (AvgIpc) is 3.02. The van der Waals surface area contributed by atoms with Gasteiger partial charge in [-0.1, -0.05) is 44.2 Å². The van der Waals surface area contributed by atoms with Crippen LogP contribution in [-0.2, 0) is 13.1 Å². The van der Waals surface area contributed by atoms with Gasteiger partial charge in [-0.25, -0.2) is 4.68 Å². The number of aromatic hydroxyl groups is 1. The SMILES string of the molecule is CC(C)c1nn(-c2ccccc2)cc1CNCc1ccc(O)cc1. The molecule has 0 spiro atoms. The Hall–Kier alpha value is -2.59. The lowest BCUT2D eigenvalue weighted by atomic mass is 10.1. The van der Waals surface area contributed by atoms with Gasteiger partial charge in [0.15, 0.2) is 0 Å². The van der Waals surface area contributed by atoms with Crippen LogP contribution in [0.2, 0.25) is 0 Å². The van der Waals surface area contributed by atoms with E-state index in [9.17, 15) is 5.11 Å². The first-order valence-electron chi connectivity index (χ1n) is 8.26. The van der Waals surface area contributed by atoms with E-state index in [1.165, 1.54) is 5.56 Å². The average molecular weight is 321 g/mol. The summed E-state index contributed by atoms with van der Waals surface area (Å²) in [4.78, 5) is 0. The molecule has 0 atom stereocenters. The summed E-state index contributed by atoms with van der Waals surface area (Å²) < 4.78 is 1.95. The molecular weight excluding hydrogens is 298 g/mol. The van der Waals surface area contributed by atoms with Crippen molar-refractivity contribution in [2.24, 2.45) is 0 Å². The summed E-state index contributed by atoms with van der Waals surface area (Å²) >= 11 is 0. The van der Waals surface area contributed by atoms with Gasteiger partial charge in [0.2, 0.25) is 0 Å². The molecule has 2 aromatic carbocycles. The zero-order chi connectivity index (χ0) is 16.9. The van der Waals surface area contributed by atoms with E-state index >= 15 is 0 Å². The molecule has 0 aliphatic carbocycles. The number of phenolic OH excluding ortho intramolecular Hbond substituents is 1. The molecule has 0 radical (unpaired) electrons. The highest BCUT2D eigenvalue weighted by Crippen LogP contribution is 2.20. The summed E-state index contributed by atoms with van der Waals surface area (Å²) in [5.41, 5.74) is 4.56. The Morgan fingerprint density at radius 1 is 1.00 bits per heavy atom. The molecule has 1 aromatic heterocycles. The fourth-order valence-corrected chi connectivity index (χ4v) is 2.71. The molecule has 0 fully saturated rings.